The summed E-state index contributed by atoms with van der Waals surface area (Å²) >= 11 is 1.81. The Kier molecular flexibility index (Phi) is 9.11. The normalized spacial score (nSPS) is 13.7. The van der Waals surface area contributed by atoms with E-state index in [0.29, 0.717) is 18.8 Å². The van der Waals surface area contributed by atoms with Gasteiger partial charge in [-0.15, -0.1) is 11.3 Å². The van der Waals surface area contributed by atoms with Gasteiger partial charge in [0, 0.05) is 22.5 Å². The van der Waals surface area contributed by atoms with Gasteiger partial charge in [-0.3, -0.25) is 21.0 Å². The lowest BCUT2D eigenvalue weighted by molar-refractivity contribution is 0.234. The van der Waals surface area contributed by atoms with Crippen LogP contribution in [0.25, 0.3) is 11.3 Å². The van der Waals surface area contributed by atoms with Crippen LogP contribution in [0.3, 0.4) is 0 Å². The van der Waals surface area contributed by atoms with Crippen molar-refractivity contribution < 1.29 is 14.7 Å². The van der Waals surface area contributed by atoms with E-state index in [2.05, 4.69) is 24.0 Å². The third-order valence-electron chi connectivity index (χ3n) is 6.08. The second kappa shape index (κ2) is 12.7. The van der Waals surface area contributed by atoms with Gasteiger partial charge in [0.25, 0.3) is 0 Å². The Bertz CT molecular complexity index is 1080. The first-order chi connectivity index (χ1) is 17.1. The quantitative estimate of drug-likeness (QED) is 0.131. The van der Waals surface area contributed by atoms with Crippen molar-refractivity contribution in [1.29, 1.82) is 5.41 Å². The van der Waals surface area contributed by atoms with Crippen LogP contribution in [0.15, 0.2) is 48.5 Å². The first kappa shape index (κ1) is 25.2. The highest BCUT2D eigenvalue weighted by atomic mass is 32.1. The average molecular weight is 495 g/mol. The van der Waals surface area contributed by atoms with Crippen LogP contribution in [0, 0.1) is 12.3 Å². The fourth-order valence-corrected chi connectivity index (χ4v) is 5.20. The summed E-state index contributed by atoms with van der Waals surface area (Å²) in [6.45, 7) is 6.79. The summed E-state index contributed by atoms with van der Waals surface area (Å²) in [5.41, 5.74) is 4.71. The number of nitrogens with one attached hydrogen (secondary N) is 2. The van der Waals surface area contributed by atoms with Crippen molar-refractivity contribution in [2.45, 2.75) is 45.6 Å². The molecular weight excluding hydrogens is 460 g/mol. The van der Waals surface area contributed by atoms with Gasteiger partial charge in [-0.05, 0) is 101 Å². The predicted octanol–water partition coefficient (Wildman–Crippen LogP) is 5.65. The predicted molar refractivity (Wildman–Crippen MR) is 140 cm³/mol. The summed E-state index contributed by atoms with van der Waals surface area (Å²) in [4.78, 5) is 8.70. The Labute approximate surface area is 211 Å². The van der Waals surface area contributed by atoms with Crippen molar-refractivity contribution in [2.75, 3.05) is 26.3 Å². The number of unbranched alkanes of at least 4 members (excludes halogenated alkanes) is 2. The van der Waals surface area contributed by atoms with Gasteiger partial charge in [-0.25, -0.2) is 4.98 Å². The van der Waals surface area contributed by atoms with Gasteiger partial charge >= 0.3 is 0 Å². The number of aromatic nitrogens is 1. The minimum absolute atomic E-state index is 0.0355. The maximum Gasteiger partial charge on any atom is 0.149 e. The SMILES string of the molecule is Cc1nc(-c2ccc(OCCCCCOc3ccc(C(=N)NO)cc3)cc2)c(CN2CCCC2)s1. The Hall–Kier alpha value is -2.94. The zero-order valence-electron chi connectivity index (χ0n) is 20.3. The molecule has 2 aromatic carbocycles. The van der Waals surface area contributed by atoms with Crippen molar-refractivity contribution in [3.8, 4) is 22.8 Å². The molecule has 186 valence electrons. The van der Waals surface area contributed by atoms with Crippen LogP contribution in [0.1, 0.15) is 47.6 Å². The smallest absolute Gasteiger partial charge is 0.149 e. The molecule has 3 aromatic rings. The van der Waals surface area contributed by atoms with Gasteiger partial charge in [0.1, 0.15) is 17.3 Å². The van der Waals surface area contributed by atoms with E-state index in [1.54, 1.807) is 24.3 Å². The van der Waals surface area contributed by atoms with Crippen molar-refractivity contribution in [3.63, 3.8) is 0 Å². The lowest BCUT2D eigenvalue weighted by atomic mass is 10.1. The van der Waals surface area contributed by atoms with E-state index in [-0.39, 0.29) is 5.84 Å². The van der Waals surface area contributed by atoms with Crippen LogP contribution in [0.4, 0.5) is 0 Å². The number of nitrogens with zero attached hydrogens (tertiary/aromatic N) is 2. The maximum atomic E-state index is 8.77. The summed E-state index contributed by atoms with van der Waals surface area (Å²) < 4.78 is 11.7. The first-order valence-corrected chi connectivity index (χ1v) is 13.1. The molecule has 7 nitrogen and oxygen atoms in total. The molecule has 0 amide bonds. The topological polar surface area (TPSA) is 90.7 Å². The zero-order chi connectivity index (χ0) is 24.5. The van der Waals surface area contributed by atoms with E-state index in [1.165, 1.54) is 30.8 Å². The molecule has 4 rings (SSSR count). The molecule has 1 aromatic heterocycles. The number of amidine groups is 1. The molecule has 35 heavy (non-hydrogen) atoms. The third kappa shape index (κ3) is 7.27. The van der Waals surface area contributed by atoms with Crippen LogP contribution in [0.2, 0.25) is 0 Å². The minimum Gasteiger partial charge on any atom is -0.494 e. The molecule has 1 saturated heterocycles. The Morgan fingerprint density at radius 3 is 2.17 bits per heavy atom. The largest absolute Gasteiger partial charge is 0.494 e. The van der Waals surface area contributed by atoms with Gasteiger partial charge in [-0.1, -0.05) is 0 Å². The molecule has 0 aliphatic carbocycles. The van der Waals surface area contributed by atoms with Crippen molar-refractivity contribution in [3.05, 3.63) is 64.0 Å². The molecule has 0 unspecified atom stereocenters. The molecule has 0 bridgehead atoms. The van der Waals surface area contributed by atoms with Gasteiger partial charge in [0.15, 0.2) is 0 Å². The highest BCUT2D eigenvalue weighted by Crippen LogP contribution is 2.31. The summed E-state index contributed by atoms with van der Waals surface area (Å²) in [5, 5.41) is 17.4. The molecule has 0 atom stereocenters. The van der Waals surface area contributed by atoms with E-state index in [4.69, 9.17) is 25.1 Å². The van der Waals surface area contributed by atoms with Gasteiger partial charge < -0.3 is 9.47 Å². The van der Waals surface area contributed by atoms with Crippen molar-refractivity contribution >= 4 is 17.2 Å². The third-order valence-corrected chi connectivity index (χ3v) is 7.03. The standard InChI is InChI=1S/C27H34N4O3S/c1-20-29-26(25(35-20)19-31-15-3-4-16-31)21-7-11-23(12-8-21)33-17-5-2-6-18-34-24-13-9-22(10-14-24)27(28)30-32/h7-14,32H,2-6,15-19H2,1H3,(H2,28,30). The Morgan fingerprint density at radius 1 is 0.971 bits per heavy atom. The monoisotopic (exact) mass is 494 g/mol. The van der Waals surface area contributed by atoms with E-state index < -0.39 is 0 Å². The van der Waals surface area contributed by atoms with Gasteiger partial charge in [-0.2, -0.15) is 0 Å². The highest BCUT2D eigenvalue weighted by molar-refractivity contribution is 7.12. The number of thiazole rings is 1. The number of ether oxygens (including phenoxy) is 2. The maximum absolute atomic E-state index is 8.77. The second-order valence-corrected chi connectivity index (χ2v) is 10.1. The average Bonchev–Trinajstić information content (AvgIpc) is 3.53. The Balaban J connectivity index is 1.16. The summed E-state index contributed by atoms with van der Waals surface area (Å²) in [6, 6.07) is 15.4. The first-order valence-electron chi connectivity index (χ1n) is 12.3. The van der Waals surface area contributed by atoms with Crippen LogP contribution < -0.4 is 15.0 Å². The number of rotatable bonds is 12. The van der Waals surface area contributed by atoms with Crippen LogP contribution in [-0.2, 0) is 6.54 Å². The number of hydrogen-bond acceptors (Lipinski definition) is 7. The van der Waals surface area contributed by atoms with E-state index in [9.17, 15) is 0 Å². The van der Waals surface area contributed by atoms with E-state index in [0.717, 1.165) is 53.6 Å². The number of likely N-dealkylation sites (tertiary alicyclic amines) is 1. The zero-order valence-corrected chi connectivity index (χ0v) is 21.1. The molecule has 1 aliphatic rings. The fraction of sp³-hybridized carbons (Fsp3) is 0.407. The van der Waals surface area contributed by atoms with Crippen LogP contribution in [-0.4, -0.2) is 47.2 Å². The molecule has 1 aliphatic heterocycles. The summed E-state index contributed by atoms with van der Waals surface area (Å²) in [5.74, 6) is 1.61. The number of hydroxylamine groups is 1. The molecule has 2 heterocycles. The van der Waals surface area contributed by atoms with E-state index >= 15 is 0 Å². The number of aryl methyl sites for hydroxylation is 1. The van der Waals surface area contributed by atoms with Crippen LogP contribution in [0.5, 0.6) is 11.5 Å². The minimum atomic E-state index is -0.0355. The fourth-order valence-electron chi connectivity index (χ4n) is 4.20. The molecule has 1 fully saturated rings. The summed E-state index contributed by atoms with van der Waals surface area (Å²) in [6.07, 6.45) is 5.54. The summed E-state index contributed by atoms with van der Waals surface area (Å²) in [7, 11) is 0. The highest BCUT2D eigenvalue weighted by Gasteiger charge is 2.17. The molecule has 0 radical (unpaired) electrons. The second-order valence-electron chi connectivity index (χ2n) is 8.78. The Morgan fingerprint density at radius 2 is 1.57 bits per heavy atom. The van der Waals surface area contributed by atoms with Crippen LogP contribution >= 0.6 is 11.3 Å². The lowest BCUT2D eigenvalue weighted by Crippen LogP contribution is -2.18. The molecule has 3 N–H and O–H groups in total. The van der Waals surface area contributed by atoms with Gasteiger partial charge in [0.05, 0.1) is 23.9 Å². The lowest BCUT2D eigenvalue weighted by Gasteiger charge is -2.14. The number of hydrogen-bond donors (Lipinski definition) is 3. The molecule has 0 spiro atoms. The van der Waals surface area contributed by atoms with Gasteiger partial charge in [0.2, 0.25) is 0 Å². The molecular formula is C27H34N4O3S. The molecule has 8 heteroatoms. The number of benzene rings is 2. The van der Waals surface area contributed by atoms with E-state index in [1.807, 2.05) is 28.9 Å². The molecule has 0 saturated carbocycles. The van der Waals surface area contributed by atoms with Crippen molar-refractivity contribution in [2.24, 2.45) is 0 Å². The van der Waals surface area contributed by atoms with Crippen molar-refractivity contribution in [1.82, 2.24) is 15.4 Å².